The predicted octanol–water partition coefficient (Wildman–Crippen LogP) is 5.48. The molecule has 1 fully saturated rings. The van der Waals surface area contributed by atoms with Crippen LogP contribution in [-0.2, 0) is 6.42 Å². The Morgan fingerprint density at radius 2 is 2.00 bits per heavy atom. The van der Waals surface area contributed by atoms with Gasteiger partial charge < -0.3 is 4.74 Å². The van der Waals surface area contributed by atoms with E-state index < -0.39 is 0 Å². The highest BCUT2D eigenvalue weighted by molar-refractivity contribution is 7.19. The van der Waals surface area contributed by atoms with Crippen molar-refractivity contribution in [3.63, 3.8) is 0 Å². The zero-order valence-electron chi connectivity index (χ0n) is 14.2. The molecule has 2 aliphatic carbocycles. The van der Waals surface area contributed by atoms with Gasteiger partial charge in [-0.1, -0.05) is 20.3 Å². The van der Waals surface area contributed by atoms with Crippen LogP contribution < -0.4 is 4.74 Å². The first-order chi connectivity index (χ1) is 11.2. The Kier molecular flexibility index (Phi) is 4.27. The summed E-state index contributed by atoms with van der Waals surface area (Å²) in [7, 11) is 0. The van der Waals surface area contributed by atoms with Crippen molar-refractivity contribution in [1.29, 1.82) is 0 Å². The van der Waals surface area contributed by atoms with Crippen LogP contribution in [0.1, 0.15) is 75.2 Å². The van der Waals surface area contributed by atoms with Crippen LogP contribution in [0.5, 0.6) is 5.88 Å². The molecular formula is C19H26N2OS. The van der Waals surface area contributed by atoms with Crippen molar-refractivity contribution < 1.29 is 4.74 Å². The third-order valence-electron chi connectivity index (χ3n) is 5.28. The maximum atomic E-state index is 6.36. The van der Waals surface area contributed by atoms with Gasteiger partial charge >= 0.3 is 0 Å². The van der Waals surface area contributed by atoms with Crippen molar-refractivity contribution in [1.82, 2.24) is 9.97 Å². The van der Waals surface area contributed by atoms with Gasteiger partial charge in [0.2, 0.25) is 5.88 Å². The van der Waals surface area contributed by atoms with E-state index in [-0.39, 0.29) is 0 Å². The van der Waals surface area contributed by atoms with Crippen LogP contribution in [0.15, 0.2) is 6.33 Å². The standard InChI is InChI=1S/C19H26N2OS/c1-12(2)10-13-8-9-15-16(13)17-18(20-11-21-19(17)23-15)22-14-6-4-3-5-7-14/h11-14H,3-10H2,1-2H3/t13-/m1/s1. The van der Waals surface area contributed by atoms with E-state index in [2.05, 4.69) is 23.8 Å². The van der Waals surface area contributed by atoms with E-state index in [1.807, 2.05) is 11.3 Å². The van der Waals surface area contributed by atoms with Gasteiger partial charge in [-0.2, -0.15) is 0 Å². The van der Waals surface area contributed by atoms with Gasteiger partial charge in [0.1, 0.15) is 17.3 Å². The molecule has 0 N–H and O–H groups in total. The number of thiophene rings is 1. The summed E-state index contributed by atoms with van der Waals surface area (Å²) in [5.74, 6) is 2.25. The van der Waals surface area contributed by atoms with Gasteiger partial charge in [-0.15, -0.1) is 11.3 Å². The van der Waals surface area contributed by atoms with Crippen molar-refractivity contribution in [2.45, 2.75) is 77.2 Å². The lowest BCUT2D eigenvalue weighted by molar-refractivity contribution is 0.150. The Morgan fingerprint density at radius 1 is 1.17 bits per heavy atom. The van der Waals surface area contributed by atoms with Crippen molar-refractivity contribution in [3.8, 4) is 5.88 Å². The number of nitrogens with zero attached hydrogens (tertiary/aromatic N) is 2. The number of aromatic nitrogens is 2. The lowest BCUT2D eigenvalue weighted by Gasteiger charge is -2.23. The first-order valence-corrected chi connectivity index (χ1v) is 9.97. The van der Waals surface area contributed by atoms with E-state index in [1.165, 1.54) is 67.2 Å². The van der Waals surface area contributed by atoms with Crippen LogP contribution in [0, 0.1) is 5.92 Å². The fraction of sp³-hybridized carbons (Fsp3) is 0.684. The average Bonchev–Trinajstić information content (AvgIpc) is 3.08. The molecule has 2 aromatic rings. The highest BCUT2D eigenvalue weighted by Crippen LogP contribution is 2.48. The van der Waals surface area contributed by atoms with E-state index in [0.29, 0.717) is 12.0 Å². The Morgan fingerprint density at radius 3 is 2.78 bits per heavy atom. The minimum atomic E-state index is 0.349. The normalized spacial score (nSPS) is 22.0. The largest absolute Gasteiger partial charge is 0.474 e. The van der Waals surface area contributed by atoms with E-state index in [0.717, 1.165) is 16.6 Å². The molecule has 0 amide bonds. The van der Waals surface area contributed by atoms with Crippen LogP contribution in [-0.4, -0.2) is 16.1 Å². The molecule has 0 aliphatic heterocycles. The Labute approximate surface area is 142 Å². The number of hydrogen-bond acceptors (Lipinski definition) is 4. The quantitative estimate of drug-likeness (QED) is 0.744. The van der Waals surface area contributed by atoms with Gasteiger partial charge in [-0.05, 0) is 62.3 Å². The van der Waals surface area contributed by atoms with E-state index in [1.54, 1.807) is 6.33 Å². The van der Waals surface area contributed by atoms with Gasteiger partial charge in [-0.3, -0.25) is 0 Å². The Bertz CT molecular complexity index is 688. The third-order valence-corrected chi connectivity index (χ3v) is 6.46. The zero-order valence-corrected chi connectivity index (χ0v) is 15.0. The molecule has 0 bridgehead atoms. The average molecular weight is 330 g/mol. The maximum Gasteiger partial charge on any atom is 0.225 e. The molecule has 0 saturated heterocycles. The Hall–Kier alpha value is -1.16. The van der Waals surface area contributed by atoms with Crippen LogP contribution in [0.3, 0.4) is 0 Å². The first-order valence-electron chi connectivity index (χ1n) is 9.15. The van der Waals surface area contributed by atoms with Gasteiger partial charge in [0.05, 0.1) is 5.39 Å². The maximum absolute atomic E-state index is 6.36. The van der Waals surface area contributed by atoms with E-state index in [9.17, 15) is 0 Å². The van der Waals surface area contributed by atoms with Crippen molar-refractivity contribution in [2.75, 3.05) is 0 Å². The van der Waals surface area contributed by atoms with Gasteiger partial charge in [-0.25, -0.2) is 9.97 Å². The number of aryl methyl sites for hydroxylation is 1. The van der Waals surface area contributed by atoms with Gasteiger partial charge in [0.25, 0.3) is 0 Å². The Balaban J connectivity index is 1.71. The molecule has 3 nitrogen and oxygen atoms in total. The summed E-state index contributed by atoms with van der Waals surface area (Å²) in [6.07, 6.45) is 12.1. The lowest BCUT2D eigenvalue weighted by atomic mass is 9.91. The van der Waals surface area contributed by atoms with Gasteiger partial charge in [0.15, 0.2) is 0 Å². The zero-order chi connectivity index (χ0) is 15.8. The topological polar surface area (TPSA) is 35.0 Å². The summed E-state index contributed by atoms with van der Waals surface area (Å²) in [4.78, 5) is 11.7. The molecule has 1 saturated carbocycles. The molecule has 124 valence electrons. The second-order valence-electron chi connectivity index (χ2n) is 7.54. The summed E-state index contributed by atoms with van der Waals surface area (Å²) >= 11 is 1.86. The minimum absolute atomic E-state index is 0.349. The van der Waals surface area contributed by atoms with Crippen LogP contribution in [0.4, 0.5) is 0 Å². The highest BCUT2D eigenvalue weighted by Gasteiger charge is 2.31. The SMILES string of the molecule is CC(C)C[C@H]1CCc2sc3ncnc(OC4CCCCC4)c3c21. The minimum Gasteiger partial charge on any atom is -0.474 e. The summed E-state index contributed by atoms with van der Waals surface area (Å²) in [6, 6.07) is 0. The summed E-state index contributed by atoms with van der Waals surface area (Å²) in [5, 5.41) is 1.24. The molecule has 2 aliphatic rings. The molecule has 2 heterocycles. The monoisotopic (exact) mass is 330 g/mol. The number of hydrogen-bond donors (Lipinski definition) is 0. The fourth-order valence-corrected chi connectivity index (χ4v) is 5.51. The molecule has 2 aromatic heterocycles. The summed E-state index contributed by atoms with van der Waals surface area (Å²) < 4.78 is 6.36. The van der Waals surface area contributed by atoms with Gasteiger partial charge in [0, 0.05) is 4.88 Å². The van der Waals surface area contributed by atoms with E-state index >= 15 is 0 Å². The third kappa shape index (κ3) is 2.98. The van der Waals surface area contributed by atoms with Crippen LogP contribution in [0.25, 0.3) is 10.2 Å². The molecule has 23 heavy (non-hydrogen) atoms. The van der Waals surface area contributed by atoms with Crippen molar-refractivity contribution in [2.24, 2.45) is 5.92 Å². The van der Waals surface area contributed by atoms with Crippen molar-refractivity contribution in [3.05, 3.63) is 16.8 Å². The lowest BCUT2D eigenvalue weighted by Crippen LogP contribution is -2.20. The summed E-state index contributed by atoms with van der Waals surface area (Å²) in [6.45, 7) is 4.64. The molecule has 0 spiro atoms. The molecule has 4 rings (SSSR count). The number of rotatable bonds is 4. The second-order valence-corrected chi connectivity index (χ2v) is 8.62. The van der Waals surface area contributed by atoms with Crippen LogP contribution >= 0.6 is 11.3 Å². The number of ether oxygens (including phenoxy) is 1. The second kappa shape index (κ2) is 6.39. The fourth-order valence-electron chi connectivity index (χ4n) is 4.28. The predicted molar refractivity (Wildman–Crippen MR) is 95.4 cm³/mol. The van der Waals surface area contributed by atoms with E-state index in [4.69, 9.17) is 4.74 Å². The summed E-state index contributed by atoms with van der Waals surface area (Å²) in [5.41, 5.74) is 1.52. The molecule has 0 aromatic carbocycles. The first kappa shape index (κ1) is 15.4. The molecule has 4 heteroatoms. The molecule has 1 atom stereocenters. The smallest absolute Gasteiger partial charge is 0.225 e. The van der Waals surface area contributed by atoms with Crippen molar-refractivity contribution >= 4 is 21.6 Å². The highest BCUT2D eigenvalue weighted by atomic mass is 32.1. The number of fused-ring (bicyclic) bond motifs is 3. The molecule has 0 radical (unpaired) electrons. The van der Waals surface area contributed by atoms with Crippen LogP contribution in [0.2, 0.25) is 0 Å². The molecular weight excluding hydrogens is 304 g/mol. The molecule has 0 unspecified atom stereocenters.